The van der Waals surface area contributed by atoms with E-state index in [0.717, 1.165) is 45.4 Å². The smallest absolute Gasteiger partial charge is 0.191 e. The molecule has 0 saturated carbocycles. The van der Waals surface area contributed by atoms with Crippen LogP contribution in [0.15, 0.2) is 4.99 Å². The number of hydrogen-bond acceptors (Lipinski definition) is 4. The first-order valence-electron chi connectivity index (χ1n) is 9.04. The van der Waals surface area contributed by atoms with Crippen LogP contribution >= 0.6 is 11.8 Å². The van der Waals surface area contributed by atoms with E-state index in [1.54, 1.807) is 0 Å². The van der Waals surface area contributed by atoms with Gasteiger partial charge < -0.3 is 15.4 Å². The molecule has 3 atom stereocenters. The first-order valence-corrected chi connectivity index (χ1v) is 10.0. The van der Waals surface area contributed by atoms with E-state index in [0.29, 0.717) is 16.8 Å². The fraction of sp³-hybridized carbons (Fsp3) is 0.941. The van der Waals surface area contributed by atoms with Crippen LogP contribution in [0, 0.1) is 0 Å². The molecule has 0 amide bonds. The molecule has 0 spiro atoms. The molecule has 2 heterocycles. The van der Waals surface area contributed by atoms with E-state index in [4.69, 9.17) is 9.73 Å². The van der Waals surface area contributed by atoms with Gasteiger partial charge in [0.05, 0.1) is 19.8 Å². The maximum Gasteiger partial charge on any atom is 0.191 e. The molecule has 5 nitrogen and oxygen atoms in total. The lowest BCUT2D eigenvalue weighted by Crippen LogP contribution is -2.53. The summed E-state index contributed by atoms with van der Waals surface area (Å²) in [6.07, 6.45) is 2.61. The Morgan fingerprint density at radius 2 is 2.30 bits per heavy atom. The van der Waals surface area contributed by atoms with Gasteiger partial charge in [-0.3, -0.25) is 9.89 Å². The van der Waals surface area contributed by atoms with E-state index < -0.39 is 0 Å². The Hall–Kier alpha value is -0.460. The van der Waals surface area contributed by atoms with Crippen LogP contribution in [-0.4, -0.2) is 72.8 Å². The quantitative estimate of drug-likeness (QED) is 0.571. The zero-order valence-electron chi connectivity index (χ0n) is 15.2. The van der Waals surface area contributed by atoms with Crippen molar-refractivity contribution in [1.29, 1.82) is 0 Å². The third kappa shape index (κ3) is 5.84. The predicted octanol–water partition coefficient (Wildman–Crippen LogP) is 1.94. The summed E-state index contributed by atoms with van der Waals surface area (Å²) >= 11 is 2.07. The van der Waals surface area contributed by atoms with E-state index in [9.17, 15) is 0 Å². The molecule has 0 aromatic carbocycles. The number of nitrogens with one attached hydrogen (secondary N) is 2. The molecule has 134 valence electrons. The SMILES string of the molecule is CCNC(=NCC1(C)CCCS1)NCC(C)N1CCOCC1C. The van der Waals surface area contributed by atoms with E-state index in [1.165, 1.54) is 18.6 Å². The number of rotatable bonds is 6. The van der Waals surface area contributed by atoms with Gasteiger partial charge in [-0.05, 0) is 46.3 Å². The molecule has 0 bridgehead atoms. The minimum atomic E-state index is 0.326. The van der Waals surface area contributed by atoms with E-state index in [2.05, 4.69) is 55.0 Å². The van der Waals surface area contributed by atoms with Crippen molar-refractivity contribution in [2.45, 2.75) is 57.4 Å². The average molecular weight is 343 g/mol. The summed E-state index contributed by atoms with van der Waals surface area (Å²) in [7, 11) is 0. The number of guanidine groups is 1. The zero-order chi connectivity index (χ0) is 16.7. The van der Waals surface area contributed by atoms with E-state index >= 15 is 0 Å². The van der Waals surface area contributed by atoms with Crippen molar-refractivity contribution in [3.63, 3.8) is 0 Å². The normalized spacial score (nSPS) is 31.1. The Labute approximate surface area is 146 Å². The van der Waals surface area contributed by atoms with Crippen LogP contribution in [0.1, 0.15) is 40.5 Å². The van der Waals surface area contributed by atoms with Gasteiger partial charge in [0.1, 0.15) is 0 Å². The number of nitrogens with zero attached hydrogens (tertiary/aromatic N) is 2. The molecule has 2 fully saturated rings. The summed E-state index contributed by atoms with van der Waals surface area (Å²) in [4.78, 5) is 7.36. The van der Waals surface area contributed by atoms with Crippen molar-refractivity contribution in [2.75, 3.05) is 45.1 Å². The molecular formula is C17H34N4OS. The van der Waals surface area contributed by atoms with E-state index in [1.807, 2.05) is 0 Å². The summed E-state index contributed by atoms with van der Waals surface area (Å²) in [6, 6.07) is 0.975. The fourth-order valence-electron chi connectivity index (χ4n) is 3.31. The van der Waals surface area contributed by atoms with Crippen molar-refractivity contribution >= 4 is 17.7 Å². The van der Waals surface area contributed by atoms with Crippen molar-refractivity contribution in [1.82, 2.24) is 15.5 Å². The predicted molar refractivity (Wildman–Crippen MR) is 101 cm³/mol. The van der Waals surface area contributed by atoms with Crippen molar-refractivity contribution in [3.8, 4) is 0 Å². The molecule has 0 radical (unpaired) electrons. The van der Waals surface area contributed by atoms with Crippen molar-refractivity contribution in [2.24, 2.45) is 4.99 Å². The summed E-state index contributed by atoms with van der Waals surface area (Å²) < 4.78 is 5.86. The maximum absolute atomic E-state index is 5.53. The molecule has 0 aromatic rings. The molecule has 3 unspecified atom stereocenters. The van der Waals surface area contributed by atoms with E-state index in [-0.39, 0.29) is 0 Å². The number of ether oxygens (including phenoxy) is 1. The first kappa shape index (κ1) is 18.9. The fourth-order valence-corrected chi connectivity index (χ4v) is 4.53. The highest BCUT2D eigenvalue weighted by Crippen LogP contribution is 2.37. The van der Waals surface area contributed by atoms with Gasteiger partial charge in [0.15, 0.2) is 5.96 Å². The average Bonchev–Trinajstić information content (AvgIpc) is 2.97. The Bertz CT molecular complexity index is 385. The Morgan fingerprint density at radius 1 is 1.48 bits per heavy atom. The molecule has 0 aliphatic carbocycles. The third-order valence-corrected chi connectivity index (χ3v) is 6.29. The van der Waals surface area contributed by atoms with Gasteiger partial charge in [0, 0.05) is 36.5 Å². The van der Waals surface area contributed by atoms with Crippen LogP contribution in [0.25, 0.3) is 0 Å². The number of hydrogen-bond donors (Lipinski definition) is 2. The summed E-state index contributed by atoms with van der Waals surface area (Å²) in [5.74, 6) is 2.23. The standard InChI is InChI=1S/C17H34N4OS/c1-5-18-16(20-13-17(4)7-6-10-23-17)19-11-14(2)21-8-9-22-12-15(21)3/h14-15H,5-13H2,1-4H3,(H2,18,19,20). The van der Waals surface area contributed by atoms with Gasteiger partial charge in [0.25, 0.3) is 0 Å². The molecule has 0 aromatic heterocycles. The highest BCUT2D eigenvalue weighted by molar-refractivity contribution is 8.00. The van der Waals surface area contributed by atoms with Crippen LogP contribution in [0.4, 0.5) is 0 Å². The monoisotopic (exact) mass is 342 g/mol. The molecule has 6 heteroatoms. The third-order valence-electron chi connectivity index (χ3n) is 4.77. The minimum absolute atomic E-state index is 0.326. The molecule has 2 saturated heterocycles. The summed E-state index contributed by atoms with van der Waals surface area (Å²) in [6.45, 7) is 14.4. The van der Waals surface area contributed by atoms with Gasteiger partial charge in [-0.1, -0.05) is 0 Å². The number of aliphatic imine (C=N–C) groups is 1. The number of thioether (sulfide) groups is 1. The van der Waals surface area contributed by atoms with Crippen molar-refractivity contribution in [3.05, 3.63) is 0 Å². The number of morpholine rings is 1. The molecule has 2 aliphatic rings. The lowest BCUT2D eigenvalue weighted by Gasteiger charge is -2.38. The van der Waals surface area contributed by atoms with Crippen LogP contribution in [0.5, 0.6) is 0 Å². The first-order chi connectivity index (χ1) is 11.0. The van der Waals surface area contributed by atoms with Crippen LogP contribution in [0.2, 0.25) is 0 Å². The second-order valence-electron chi connectivity index (χ2n) is 6.99. The molecule has 2 aliphatic heterocycles. The highest BCUT2D eigenvalue weighted by Gasteiger charge is 2.29. The molecular weight excluding hydrogens is 308 g/mol. The Kier molecular flexibility index (Phi) is 7.50. The van der Waals surface area contributed by atoms with Crippen LogP contribution in [-0.2, 0) is 4.74 Å². The second kappa shape index (κ2) is 9.14. The van der Waals surface area contributed by atoms with Gasteiger partial charge in [-0.15, -0.1) is 0 Å². The maximum atomic E-state index is 5.53. The van der Waals surface area contributed by atoms with Crippen molar-refractivity contribution < 1.29 is 4.74 Å². The second-order valence-corrected chi connectivity index (χ2v) is 8.67. The van der Waals surface area contributed by atoms with Gasteiger partial charge in [-0.2, -0.15) is 11.8 Å². The lowest BCUT2D eigenvalue weighted by atomic mass is 10.1. The molecule has 2 rings (SSSR count). The van der Waals surface area contributed by atoms with Crippen LogP contribution < -0.4 is 10.6 Å². The minimum Gasteiger partial charge on any atom is -0.379 e. The van der Waals surface area contributed by atoms with Gasteiger partial charge in [0.2, 0.25) is 0 Å². The lowest BCUT2D eigenvalue weighted by molar-refractivity contribution is -0.0174. The largest absolute Gasteiger partial charge is 0.379 e. The summed E-state index contributed by atoms with van der Waals surface area (Å²) in [5, 5.41) is 6.91. The highest BCUT2D eigenvalue weighted by atomic mass is 32.2. The topological polar surface area (TPSA) is 48.9 Å². The Morgan fingerprint density at radius 3 is 2.96 bits per heavy atom. The molecule has 2 N–H and O–H groups in total. The Balaban J connectivity index is 1.83. The van der Waals surface area contributed by atoms with Gasteiger partial charge in [-0.25, -0.2) is 0 Å². The van der Waals surface area contributed by atoms with Crippen LogP contribution in [0.3, 0.4) is 0 Å². The molecule has 23 heavy (non-hydrogen) atoms. The van der Waals surface area contributed by atoms with Gasteiger partial charge >= 0.3 is 0 Å². The summed E-state index contributed by atoms with van der Waals surface area (Å²) in [5.41, 5.74) is 0. The zero-order valence-corrected chi connectivity index (χ0v) is 16.0.